The van der Waals surface area contributed by atoms with Gasteiger partial charge in [-0.15, -0.1) is 0 Å². The normalized spacial score (nSPS) is 12.4. The molecule has 7 nitrogen and oxygen atoms in total. The van der Waals surface area contributed by atoms with E-state index in [2.05, 4.69) is 20.4 Å². The van der Waals surface area contributed by atoms with Crippen LogP contribution in [0.25, 0.3) is 17.0 Å². The van der Waals surface area contributed by atoms with E-state index in [0.717, 1.165) is 17.1 Å². The molecule has 0 spiro atoms. The first kappa shape index (κ1) is 15.4. The van der Waals surface area contributed by atoms with Crippen molar-refractivity contribution in [3.8, 4) is 11.3 Å². The summed E-state index contributed by atoms with van der Waals surface area (Å²) in [5.74, 6) is 1.32. The fraction of sp³-hybridized carbons (Fsp3) is 0.312. The first-order valence-corrected chi connectivity index (χ1v) is 7.45. The SMILES string of the molecule is COCC(O)CCNc1cc(-c2ccccc2)nc2ncnn12. The van der Waals surface area contributed by atoms with Crippen molar-refractivity contribution in [2.24, 2.45) is 0 Å². The summed E-state index contributed by atoms with van der Waals surface area (Å²) < 4.78 is 6.57. The Labute approximate surface area is 134 Å². The molecule has 23 heavy (non-hydrogen) atoms. The highest BCUT2D eigenvalue weighted by molar-refractivity contribution is 5.65. The summed E-state index contributed by atoms with van der Waals surface area (Å²) >= 11 is 0. The van der Waals surface area contributed by atoms with Gasteiger partial charge in [-0.2, -0.15) is 14.6 Å². The average Bonchev–Trinajstić information content (AvgIpc) is 3.04. The Kier molecular flexibility index (Phi) is 4.80. The molecule has 2 aromatic heterocycles. The van der Waals surface area contributed by atoms with E-state index in [1.165, 1.54) is 6.33 Å². The zero-order chi connectivity index (χ0) is 16.1. The zero-order valence-electron chi connectivity index (χ0n) is 12.9. The number of methoxy groups -OCH3 is 1. The van der Waals surface area contributed by atoms with Crippen LogP contribution in [0.15, 0.2) is 42.7 Å². The topological polar surface area (TPSA) is 84.6 Å². The molecule has 120 valence electrons. The second-order valence-electron chi connectivity index (χ2n) is 5.19. The Bertz CT molecular complexity index is 760. The van der Waals surface area contributed by atoms with Crippen LogP contribution in [-0.2, 0) is 4.74 Å². The highest BCUT2D eigenvalue weighted by Gasteiger charge is 2.10. The Hall–Kier alpha value is -2.51. The number of benzene rings is 1. The Morgan fingerprint density at radius 2 is 2.13 bits per heavy atom. The van der Waals surface area contributed by atoms with Crippen LogP contribution < -0.4 is 5.32 Å². The fourth-order valence-electron chi connectivity index (χ4n) is 2.34. The summed E-state index contributed by atoms with van der Waals surface area (Å²) in [4.78, 5) is 8.69. The maximum absolute atomic E-state index is 9.72. The molecule has 7 heteroatoms. The number of nitrogens with one attached hydrogen (secondary N) is 1. The molecule has 0 radical (unpaired) electrons. The van der Waals surface area contributed by atoms with Crippen molar-refractivity contribution in [1.29, 1.82) is 0 Å². The minimum absolute atomic E-state index is 0.325. The summed E-state index contributed by atoms with van der Waals surface area (Å²) in [6, 6.07) is 11.8. The van der Waals surface area contributed by atoms with E-state index in [0.29, 0.717) is 25.4 Å². The van der Waals surface area contributed by atoms with Crippen LogP contribution >= 0.6 is 0 Å². The number of hydrogen-bond acceptors (Lipinski definition) is 6. The van der Waals surface area contributed by atoms with E-state index in [-0.39, 0.29) is 0 Å². The Morgan fingerprint density at radius 1 is 1.30 bits per heavy atom. The summed E-state index contributed by atoms with van der Waals surface area (Å²) in [7, 11) is 1.57. The first-order valence-electron chi connectivity index (χ1n) is 7.45. The van der Waals surface area contributed by atoms with Crippen LogP contribution in [-0.4, -0.2) is 51.1 Å². The summed E-state index contributed by atoms with van der Waals surface area (Å²) in [6.45, 7) is 0.920. The number of fused-ring (bicyclic) bond motifs is 1. The van der Waals surface area contributed by atoms with Crippen LogP contribution in [0.5, 0.6) is 0 Å². The van der Waals surface area contributed by atoms with E-state index in [1.54, 1.807) is 11.6 Å². The van der Waals surface area contributed by atoms with Crippen LogP contribution in [0.4, 0.5) is 5.82 Å². The molecule has 0 saturated carbocycles. The molecule has 0 bridgehead atoms. The van der Waals surface area contributed by atoms with Gasteiger partial charge >= 0.3 is 0 Å². The summed E-state index contributed by atoms with van der Waals surface area (Å²) in [5.41, 5.74) is 1.84. The maximum atomic E-state index is 9.72. The Morgan fingerprint density at radius 3 is 2.91 bits per heavy atom. The predicted octanol–water partition coefficient (Wildman–Crippen LogP) is 1.60. The zero-order valence-corrected chi connectivity index (χ0v) is 12.9. The van der Waals surface area contributed by atoms with Gasteiger partial charge in [0.2, 0.25) is 0 Å². The number of rotatable bonds is 7. The van der Waals surface area contributed by atoms with Gasteiger partial charge in [0.25, 0.3) is 5.78 Å². The molecule has 0 saturated heterocycles. The molecular formula is C16H19N5O2. The van der Waals surface area contributed by atoms with Gasteiger partial charge in [0, 0.05) is 25.3 Å². The average molecular weight is 313 g/mol. The van der Waals surface area contributed by atoms with E-state index in [1.807, 2.05) is 36.4 Å². The molecule has 2 N–H and O–H groups in total. The second-order valence-corrected chi connectivity index (χ2v) is 5.19. The number of aromatic nitrogens is 4. The van der Waals surface area contributed by atoms with Crippen molar-refractivity contribution in [3.63, 3.8) is 0 Å². The lowest BCUT2D eigenvalue weighted by atomic mass is 10.1. The molecular weight excluding hydrogens is 294 g/mol. The summed E-state index contributed by atoms with van der Waals surface area (Å²) in [6.07, 6.45) is 1.56. The molecule has 1 atom stereocenters. The van der Waals surface area contributed by atoms with Gasteiger partial charge in [0.15, 0.2) is 0 Å². The van der Waals surface area contributed by atoms with Crippen molar-refractivity contribution in [3.05, 3.63) is 42.7 Å². The number of ether oxygens (including phenoxy) is 1. The molecule has 1 aromatic carbocycles. The largest absolute Gasteiger partial charge is 0.391 e. The number of hydrogen-bond donors (Lipinski definition) is 2. The van der Waals surface area contributed by atoms with Crippen LogP contribution in [0.3, 0.4) is 0 Å². The summed E-state index contributed by atoms with van der Waals surface area (Å²) in [5, 5.41) is 17.2. The van der Waals surface area contributed by atoms with Gasteiger partial charge in [-0.25, -0.2) is 4.98 Å². The molecule has 3 rings (SSSR count). The standard InChI is InChI=1S/C16H19N5O2/c1-23-10-13(22)7-8-17-15-9-14(12-5-3-2-4-6-12)20-16-18-11-19-21(15)16/h2-6,9,11,13,17,22H,7-8,10H2,1H3. The van der Waals surface area contributed by atoms with Crippen molar-refractivity contribution < 1.29 is 9.84 Å². The van der Waals surface area contributed by atoms with E-state index in [4.69, 9.17) is 4.74 Å². The van der Waals surface area contributed by atoms with Crippen molar-refractivity contribution in [1.82, 2.24) is 19.6 Å². The van der Waals surface area contributed by atoms with Gasteiger partial charge in [0.05, 0.1) is 18.4 Å². The van der Waals surface area contributed by atoms with Gasteiger partial charge < -0.3 is 15.2 Å². The number of aliphatic hydroxyl groups excluding tert-OH is 1. The Balaban J connectivity index is 1.82. The maximum Gasteiger partial charge on any atom is 0.254 e. The van der Waals surface area contributed by atoms with Crippen LogP contribution in [0.2, 0.25) is 0 Å². The predicted molar refractivity (Wildman–Crippen MR) is 87.2 cm³/mol. The monoisotopic (exact) mass is 313 g/mol. The second kappa shape index (κ2) is 7.17. The molecule has 0 aliphatic carbocycles. The highest BCUT2D eigenvalue weighted by Crippen LogP contribution is 2.21. The van der Waals surface area contributed by atoms with E-state index in [9.17, 15) is 5.11 Å². The van der Waals surface area contributed by atoms with E-state index >= 15 is 0 Å². The molecule has 0 fully saturated rings. The number of anilines is 1. The van der Waals surface area contributed by atoms with Crippen molar-refractivity contribution >= 4 is 11.6 Å². The number of aliphatic hydroxyl groups is 1. The van der Waals surface area contributed by atoms with Crippen molar-refractivity contribution in [2.75, 3.05) is 25.6 Å². The van der Waals surface area contributed by atoms with Gasteiger partial charge in [-0.1, -0.05) is 30.3 Å². The van der Waals surface area contributed by atoms with Gasteiger partial charge in [0.1, 0.15) is 12.1 Å². The molecule has 0 aliphatic heterocycles. The van der Waals surface area contributed by atoms with Crippen LogP contribution in [0.1, 0.15) is 6.42 Å². The molecule has 2 heterocycles. The van der Waals surface area contributed by atoms with Crippen molar-refractivity contribution in [2.45, 2.75) is 12.5 Å². The molecule has 0 amide bonds. The smallest absolute Gasteiger partial charge is 0.254 e. The minimum atomic E-state index is -0.492. The minimum Gasteiger partial charge on any atom is -0.391 e. The third kappa shape index (κ3) is 3.64. The lowest BCUT2D eigenvalue weighted by Crippen LogP contribution is -2.19. The lowest BCUT2D eigenvalue weighted by molar-refractivity contribution is 0.0615. The quantitative estimate of drug-likeness (QED) is 0.689. The molecule has 3 aromatic rings. The third-order valence-corrected chi connectivity index (χ3v) is 3.46. The number of nitrogens with zero attached hydrogens (tertiary/aromatic N) is 4. The van der Waals surface area contributed by atoms with Gasteiger partial charge in [-0.3, -0.25) is 0 Å². The molecule has 0 aliphatic rings. The molecule has 1 unspecified atom stereocenters. The van der Waals surface area contributed by atoms with Gasteiger partial charge in [-0.05, 0) is 6.42 Å². The lowest BCUT2D eigenvalue weighted by Gasteiger charge is -2.12. The fourth-order valence-corrected chi connectivity index (χ4v) is 2.34. The highest BCUT2D eigenvalue weighted by atomic mass is 16.5. The first-order chi connectivity index (χ1) is 11.3. The third-order valence-electron chi connectivity index (χ3n) is 3.46. The van der Waals surface area contributed by atoms with E-state index < -0.39 is 6.10 Å². The van der Waals surface area contributed by atoms with Crippen LogP contribution in [0, 0.1) is 0 Å².